The molecule has 2 aliphatic rings. The van der Waals surface area contributed by atoms with Gasteiger partial charge >= 0.3 is 0 Å². The zero-order valence-electron chi connectivity index (χ0n) is 21.9. The average molecular weight is 527 g/mol. The van der Waals surface area contributed by atoms with Crippen molar-refractivity contribution in [1.82, 2.24) is 25.1 Å². The molecule has 3 N–H and O–H groups in total. The van der Waals surface area contributed by atoms with E-state index in [4.69, 9.17) is 5.84 Å². The molecule has 1 atom stereocenters. The lowest BCUT2D eigenvalue weighted by atomic mass is 10.1. The van der Waals surface area contributed by atoms with Crippen LogP contribution in [0.4, 0.5) is 13.2 Å². The van der Waals surface area contributed by atoms with Gasteiger partial charge in [-0.05, 0) is 63.2 Å². The van der Waals surface area contributed by atoms with Gasteiger partial charge < -0.3 is 11.2 Å². The van der Waals surface area contributed by atoms with Crippen LogP contribution in [0.5, 0.6) is 0 Å². The number of likely N-dealkylation sites (tertiary alicyclic amines) is 1. The minimum Gasteiger partial charge on any atom is -0.383 e. The number of nitrogens with two attached hydrogens (primary N) is 1. The number of likely N-dealkylation sites (N-methyl/N-ethyl adjacent to an activating group) is 1. The minimum absolute atomic E-state index is 0.241. The smallest absolute Gasteiger partial charge is 0.282 e. The van der Waals surface area contributed by atoms with Crippen LogP contribution in [0, 0.1) is 5.95 Å². The summed E-state index contributed by atoms with van der Waals surface area (Å²) in [6, 6.07) is 14.6. The molecule has 0 spiro atoms. The van der Waals surface area contributed by atoms with E-state index in [9.17, 15) is 13.2 Å². The molecule has 0 bridgehead atoms. The summed E-state index contributed by atoms with van der Waals surface area (Å²) in [4.78, 5) is 6.65. The number of pyridine rings is 1. The summed E-state index contributed by atoms with van der Waals surface area (Å²) in [7, 11) is 2.17. The first-order chi connectivity index (χ1) is 18.3. The second kappa shape index (κ2) is 14.4. The molecule has 6 nitrogen and oxygen atoms in total. The first-order valence-corrected chi connectivity index (χ1v) is 12.8. The number of alkyl halides is 2. The maximum Gasteiger partial charge on any atom is 0.282 e. The molecule has 9 heteroatoms. The van der Waals surface area contributed by atoms with E-state index in [0.717, 1.165) is 30.6 Å². The molecule has 0 amide bonds. The van der Waals surface area contributed by atoms with Crippen LogP contribution >= 0.6 is 0 Å². The van der Waals surface area contributed by atoms with Crippen molar-refractivity contribution in [3.8, 4) is 0 Å². The third-order valence-corrected chi connectivity index (χ3v) is 6.57. The fraction of sp³-hybridized carbons (Fsp3) is 0.379. The summed E-state index contributed by atoms with van der Waals surface area (Å²) >= 11 is 0. The Hall–Kier alpha value is -3.59. The number of nitrogens with zero attached hydrogens (tertiary/aromatic N) is 4. The highest BCUT2D eigenvalue weighted by Crippen LogP contribution is 2.40. The second-order valence-corrected chi connectivity index (χ2v) is 9.45. The lowest BCUT2D eigenvalue weighted by Gasteiger charge is -2.22. The van der Waals surface area contributed by atoms with E-state index in [1.54, 1.807) is 6.07 Å². The van der Waals surface area contributed by atoms with Crippen LogP contribution in [0.15, 0.2) is 79.8 Å². The fourth-order valence-electron chi connectivity index (χ4n) is 4.34. The van der Waals surface area contributed by atoms with Gasteiger partial charge in [0.25, 0.3) is 6.43 Å². The highest BCUT2D eigenvalue weighted by molar-refractivity contribution is 5.22. The monoisotopic (exact) mass is 526 g/mol. The van der Waals surface area contributed by atoms with E-state index >= 15 is 0 Å². The quantitative estimate of drug-likeness (QED) is 0.222. The Labute approximate surface area is 223 Å². The molecule has 2 aromatic heterocycles. The van der Waals surface area contributed by atoms with Crippen molar-refractivity contribution in [1.29, 1.82) is 0 Å². The predicted octanol–water partition coefficient (Wildman–Crippen LogP) is 5.75. The molecular weight excluding hydrogens is 489 g/mol. The van der Waals surface area contributed by atoms with Crippen LogP contribution in [-0.2, 0) is 13.0 Å². The number of nitrogens with one attached hydrogen (secondary N) is 1. The van der Waals surface area contributed by atoms with Crippen molar-refractivity contribution >= 4 is 0 Å². The molecule has 2 fully saturated rings. The molecule has 1 saturated carbocycles. The van der Waals surface area contributed by atoms with Gasteiger partial charge in [0.1, 0.15) is 5.69 Å². The second-order valence-electron chi connectivity index (χ2n) is 9.45. The molecular formula is C29H37F3N6. The van der Waals surface area contributed by atoms with Crippen molar-refractivity contribution in [3.63, 3.8) is 0 Å². The molecule has 38 heavy (non-hydrogen) atoms. The normalized spacial score (nSPS) is 16.7. The number of halogens is 3. The van der Waals surface area contributed by atoms with E-state index in [1.807, 2.05) is 12.1 Å². The van der Waals surface area contributed by atoms with Crippen molar-refractivity contribution in [2.75, 3.05) is 19.4 Å². The maximum atomic E-state index is 12.8. The van der Waals surface area contributed by atoms with Gasteiger partial charge in [-0.25, -0.2) is 13.8 Å². The Kier molecular flexibility index (Phi) is 11.0. The van der Waals surface area contributed by atoms with Crippen LogP contribution in [-0.4, -0.2) is 39.4 Å². The maximum absolute atomic E-state index is 12.8. The highest BCUT2D eigenvalue weighted by atomic mass is 19.3. The number of rotatable bonds is 8. The number of nitrogen functional groups attached to an aromatic ring is 1. The fourth-order valence-corrected chi connectivity index (χ4v) is 4.34. The first-order valence-electron chi connectivity index (χ1n) is 12.8. The minimum atomic E-state index is -2.59. The molecule has 1 unspecified atom stereocenters. The molecule has 1 aromatic carbocycles. The average Bonchev–Trinajstić information content (AvgIpc) is 3.56. The van der Waals surface area contributed by atoms with Gasteiger partial charge in [0.15, 0.2) is 0 Å². The predicted molar refractivity (Wildman–Crippen MR) is 145 cm³/mol. The summed E-state index contributed by atoms with van der Waals surface area (Å²) in [6.45, 7) is 9.66. The van der Waals surface area contributed by atoms with Crippen molar-refractivity contribution in [2.45, 2.75) is 57.0 Å². The van der Waals surface area contributed by atoms with E-state index in [-0.39, 0.29) is 11.6 Å². The largest absolute Gasteiger partial charge is 0.383 e. The molecule has 1 aliphatic carbocycles. The Morgan fingerprint density at radius 3 is 2.50 bits per heavy atom. The van der Waals surface area contributed by atoms with Crippen LogP contribution in [0.1, 0.15) is 60.4 Å². The molecule has 3 heterocycles. The van der Waals surface area contributed by atoms with Gasteiger partial charge in [-0.2, -0.15) is 14.3 Å². The lowest BCUT2D eigenvalue weighted by molar-refractivity contribution is 0.141. The molecule has 3 aromatic rings. The standard InChI is InChI=1S/C14H20N2.C8H8FN.C7H9F2N3/c1-12(14-9-6-10-16(14)2)15-11-13-7-4-3-5-8-13;9-8-7(6-3-4-6)2-1-5-10-8;1-2-3-5-4-11-12(10)6(5)7(8)9/h3-5,7-8,14-15H,1,6,9-11H2,2H3;1-2,5-6H,3-4H2;2,4,7H,1,3,10H2. The highest BCUT2D eigenvalue weighted by Gasteiger charge is 2.26. The number of allylic oxidation sites excluding steroid dienone is 1. The molecule has 1 saturated heterocycles. The van der Waals surface area contributed by atoms with Gasteiger partial charge in [0.2, 0.25) is 5.95 Å². The number of aromatic nitrogens is 3. The number of hydrogen-bond donors (Lipinski definition) is 2. The Bertz CT molecular complexity index is 1160. The van der Waals surface area contributed by atoms with E-state index < -0.39 is 6.43 Å². The third-order valence-electron chi connectivity index (χ3n) is 6.57. The van der Waals surface area contributed by atoms with E-state index in [0.29, 0.717) is 28.7 Å². The summed E-state index contributed by atoms with van der Waals surface area (Å²) in [6.07, 6.45) is 6.88. The Morgan fingerprint density at radius 2 is 1.92 bits per heavy atom. The lowest BCUT2D eigenvalue weighted by Crippen LogP contribution is -2.32. The van der Waals surface area contributed by atoms with Crippen LogP contribution in [0.25, 0.3) is 0 Å². The summed E-state index contributed by atoms with van der Waals surface area (Å²) in [5, 5.41) is 6.96. The topological polar surface area (TPSA) is 72.0 Å². The van der Waals surface area contributed by atoms with Crippen LogP contribution < -0.4 is 11.2 Å². The Balaban J connectivity index is 0.000000163. The molecule has 204 valence electrons. The van der Waals surface area contributed by atoms with Gasteiger partial charge in [-0.15, -0.1) is 6.58 Å². The zero-order valence-corrected chi connectivity index (χ0v) is 21.9. The van der Waals surface area contributed by atoms with Crippen molar-refractivity contribution in [3.05, 3.63) is 108 Å². The number of benzene rings is 1. The molecule has 5 rings (SSSR count). The van der Waals surface area contributed by atoms with Crippen molar-refractivity contribution < 1.29 is 13.2 Å². The summed E-state index contributed by atoms with van der Waals surface area (Å²) in [5.41, 5.74) is 3.44. The van der Waals surface area contributed by atoms with Gasteiger partial charge in [0, 0.05) is 35.6 Å². The molecule has 1 aliphatic heterocycles. The van der Waals surface area contributed by atoms with Gasteiger partial charge in [0.05, 0.1) is 6.20 Å². The van der Waals surface area contributed by atoms with Crippen molar-refractivity contribution in [2.24, 2.45) is 0 Å². The Morgan fingerprint density at radius 1 is 1.18 bits per heavy atom. The summed E-state index contributed by atoms with van der Waals surface area (Å²) in [5.74, 6) is 5.34. The van der Waals surface area contributed by atoms with Crippen LogP contribution in [0.2, 0.25) is 0 Å². The number of hydrogen-bond acceptors (Lipinski definition) is 5. The SMILES string of the molecule is C=C(NCc1ccccc1)C1CCCN1C.C=CCc1cnn(N)c1C(F)F.Fc1ncccc1C1CC1. The zero-order chi connectivity index (χ0) is 27.5. The van der Waals surface area contributed by atoms with Gasteiger partial charge in [-0.3, -0.25) is 4.90 Å². The van der Waals surface area contributed by atoms with E-state index in [1.165, 1.54) is 43.4 Å². The van der Waals surface area contributed by atoms with Gasteiger partial charge in [-0.1, -0.05) is 49.1 Å². The third kappa shape index (κ3) is 8.48. The first kappa shape index (κ1) is 29.0. The molecule has 0 radical (unpaired) electrons. The van der Waals surface area contributed by atoms with E-state index in [2.05, 4.69) is 64.8 Å². The summed E-state index contributed by atoms with van der Waals surface area (Å²) < 4.78 is 37.3. The van der Waals surface area contributed by atoms with Crippen LogP contribution in [0.3, 0.4) is 0 Å².